The summed E-state index contributed by atoms with van der Waals surface area (Å²) in [7, 11) is 1.38. The van der Waals surface area contributed by atoms with E-state index in [4.69, 9.17) is 9.47 Å². The lowest BCUT2D eigenvalue weighted by atomic mass is 9.80. The van der Waals surface area contributed by atoms with E-state index in [1.165, 1.54) is 31.4 Å². The van der Waals surface area contributed by atoms with Crippen molar-refractivity contribution in [1.29, 1.82) is 0 Å². The van der Waals surface area contributed by atoms with E-state index in [1.54, 1.807) is 54.6 Å². The van der Waals surface area contributed by atoms with Gasteiger partial charge in [0.2, 0.25) is 0 Å². The van der Waals surface area contributed by atoms with Crippen LogP contribution in [0.5, 0.6) is 5.75 Å². The lowest BCUT2D eigenvalue weighted by Crippen LogP contribution is -2.64. The Hall–Kier alpha value is -3.92. The molecule has 2 amide bonds. The first kappa shape index (κ1) is 23.8. The number of amides is 2. The van der Waals surface area contributed by atoms with Crippen LogP contribution in [0.2, 0.25) is 0 Å². The molecule has 0 unspecified atom stereocenters. The molecule has 0 saturated heterocycles. The summed E-state index contributed by atoms with van der Waals surface area (Å²) in [6, 6.07) is 19.3. The Morgan fingerprint density at radius 3 is 2.33 bits per heavy atom. The Bertz CT molecular complexity index is 1360. The molecule has 0 saturated carbocycles. The number of nitrogens with one attached hydrogen (secondary N) is 1. The third kappa shape index (κ3) is 3.78. The third-order valence-electron chi connectivity index (χ3n) is 5.97. The molecule has 2 heterocycles. The molecule has 5 rings (SSSR count). The van der Waals surface area contributed by atoms with Crippen LogP contribution in [0.25, 0.3) is 0 Å². The molecule has 1 atom stereocenters. The number of ether oxygens (including phenoxy) is 2. The number of thioether (sulfide) groups is 1. The van der Waals surface area contributed by atoms with Gasteiger partial charge in [-0.25, -0.2) is 9.59 Å². The van der Waals surface area contributed by atoms with E-state index in [0.29, 0.717) is 21.9 Å². The zero-order chi connectivity index (χ0) is 25.5. The van der Waals surface area contributed by atoms with Crippen LogP contribution < -0.4 is 15.0 Å². The van der Waals surface area contributed by atoms with Gasteiger partial charge in [0.1, 0.15) is 23.0 Å². The van der Waals surface area contributed by atoms with Crippen LogP contribution in [0, 0.1) is 0 Å². The van der Waals surface area contributed by atoms with Crippen LogP contribution in [0.4, 0.5) is 23.7 Å². The minimum atomic E-state index is -5.09. The van der Waals surface area contributed by atoms with Gasteiger partial charge in [0, 0.05) is 4.90 Å². The fraction of sp³-hybridized carbons (Fsp3) is 0.154. The van der Waals surface area contributed by atoms with Gasteiger partial charge >= 0.3 is 18.2 Å². The number of para-hydroxylation sites is 1. The quantitative estimate of drug-likeness (QED) is 0.442. The van der Waals surface area contributed by atoms with E-state index in [2.05, 4.69) is 5.32 Å². The minimum Gasteiger partial charge on any atom is -0.497 e. The first-order valence-corrected chi connectivity index (χ1v) is 11.6. The highest BCUT2D eigenvalue weighted by atomic mass is 32.2. The van der Waals surface area contributed by atoms with Crippen molar-refractivity contribution < 1.29 is 32.2 Å². The maximum atomic E-state index is 15.1. The van der Waals surface area contributed by atoms with E-state index >= 15 is 13.2 Å². The molecule has 6 nitrogen and oxygen atoms in total. The number of nitrogens with zero attached hydrogens (tertiary/aromatic N) is 1. The van der Waals surface area contributed by atoms with Gasteiger partial charge in [0.05, 0.1) is 12.8 Å². The number of carbonyl (C=O) groups is 2. The van der Waals surface area contributed by atoms with Crippen LogP contribution in [0.1, 0.15) is 11.1 Å². The Kier molecular flexibility index (Phi) is 5.91. The molecule has 0 fully saturated rings. The second kappa shape index (κ2) is 8.94. The molecule has 184 valence electrons. The highest BCUT2D eigenvalue weighted by molar-refractivity contribution is 8.03. The second-order valence-electron chi connectivity index (χ2n) is 8.05. The largest absolute Gasteiger partial charge is 0.497 e. The summed E-state index contributed by atoms with van der Waals surface area (Å²) < 4.78 is 55.7. The molecule has 2 aliphatic rings. The number of hydrogen-bond acceptors (Lipinski definition) is 5. The number of methoxy groups -OCH3 is 1. The highest BCUT2D eigenvalue weighted by Gasteiger charge is 2.66. The monoisotopic (exact) mass is 512 g/mol. The molecule has 10 heteroatoms. The van der Waals surface area contributed by atoms with Gasteiger partial charge in [0.25, 0.3) is 0 Å². The number of fused-ring (bicyclic) bond motifs is 3. The molecular formula is C26H19F3N2O4S. The van der Waals surface area contributed by atoms with E-state index < -0.39 is 29.3 Å². The second-order valence-corrected chi connectivity index (χ2v) is 9.08. The van der Waals surface area contributed by atoms with E-state index in [1.807, 2.05) is 0 Å². The smallest absolute Gasteiger partial charge is 0.420 e. The molecule has 3 aromatic carbocycles. The van der Waals surface area contributed by atoms with Gasteiger partial charge in [-0.05, 0) is 35.4 Å². The van der Waals surface area contributed by atoms with Crippen molar-refractivity contribution in [2.75, 3.05) is 12.0 Å². The number of esters is 1. The van der Waals surface area contributed by atoms with Crippen LogP contribution in [0.15, 0.2) is 94.4 Å². The molecule has 2 aliphatic heterocycles. The van der Waals surface area contributed by atoms with E-state index in [0.717, 1.165) is 16.7 Å². The summed E-state index contributed by atoms with van der Waals surface area (Å²) >= 11 is 0.922. The molecule has 0 radical (unpaired) electrons. The Labute approximate surface area is 208 Å². The fourth-order valence-corrected chi connectivity index (χ4v) is 5.49. The van der Waals surface area contributed by atoms with E-state index in [9.17, 15) is 9.59 Å². The van der Waals surface area contributed by atoms with Gasteiger partial charge < -0.3 is 14.8 Å². The average Bonchev–Trinajstić information content (AvgIpc) is 3.27. The van der Waals surface area contributed by atoms with Crippen molar-refractivity contribution in [2.24, 2.45) is 0 Å². The van der Waals surface area contributed by atoms with Gasteiger partial charge in [-0.1, -0.05) is 66.4 Å². The number of halogens is 3. The number of anilines is 1. The van der Waals surface area contributed by atoms with Crippen molar-refractivity contribution in [3.05, 3.63) is 101 Å². The molecule has 1 N–H and O–H groups in total. The molecule has 3 aromatic rings. The Morgan fingerprint density at radius 2 is 1.67 bits per heavy atom. The normalized spacial score (nSPS) is 18.9. The Balaban J connectivity index is 1.71. The van der Waals surface area contributed by atoms with Crippen molar-refractivity contribution in [3.8, 4) is 5.75 Å². The predicted octanol–water partition coefficient (Wildman–Crippen LogP) is 5.74. The SMILES string of the molecule is COc1ccc([C@]2(C(F)(F)F)NC(=O)N3C(=C2C(=O)OCc2ccccc2)Sc2ccccc23)cc1. The first-order valence-electron chi connectivity index (χ1n) is 10.8. The molecule has 36 heavy (non-hydrogen) atoms. The van der Waals surface area contributed by atoms with Gasteiger partial charge in [0.15, 0.2) is 5.54 Å². The van der Waals surface area contributed by atoms with E-state index in [-0.39, 0.29) is 17.2 Å². The van der Waals surface area contributed by atoms with Crippen molar-refractivity contribution in [2.45, 2.75) is 23.2 Å². The number of hydrogen-bond donors (Lipinski definition) is 1. The van der Waals surface area contributed by atoms with Crippen LogP contribution in [0.3, 0.4) is 0 Å². The number of benzene rings is 3. The molecule has 0 aliphatic carbocycles. The van der Waals surface area contributed by atoms with Crippen LogP contribution in [-0.4, -0.2) is 25.3 Å². The molecule has 0 spiro atoms. The number of rotatable bonds is 5. The summed E-state index contributed by atoms with van der Waals surface area (Å²) in [5.74, 6) is -0.865. The lowest BCUT2D eigenvalue weighted by Gasteiger charge is -2.43. The molecular weight excluding hydrogens is 493 g/mol. The standard InChI is InChI=1S/C26H19F3N2O4S/c1-34-18-13-11-17(12-14-18)25(26(27,28)29)21(23(32)35-15-16-7-3-2-4-8-16)22-31(24(33)30-25)19-9-5-6-10-20(19)36-22/h2-14H,15H2,1H3,(H,30,33)/t25-/m0/s1. The predicted molar refractivity (Wildman–Crippen MR) is 127 cm³/mol. The zero-order valence-electron chi connectivity index (χ0n) is 18.8. The summed E-state index contributed by atoms with van der Waals surface area (Å²) in [5.41, 5.74) is -3.21. The fourth-order valence-electron chi connectivity index (χ4n) is 4.26. The van der Waals surface area contributed by atoms with Crippen LogP contribution in [-0.2, 0) is 21.7 Å². The summed E-state index contributed by atoms with van der Waals surface area (Å²) in [6.45, 7) is -0.238. The molecule has 0 bridgehead atoms. The van der Waals surface area contributed by atoms with Crippen molar-refractivity contribution in [1.82, 2.24) is 5.32 Å². The zero-order valence-corrected chi connectivity index (χ0v) is 19.7. The van der Waals surface area contributed by atoms with Crippen molar-refractivity contribution >= 4 is 29.4 Å². The molecule has 0 aromatic heterocycles. The average molecular weight is 513 g/mol. The highest BCUT2D eigenvalue weighted by Crippen LogP contribution is 2.56. The first-order chi connectivity index (χ1) is 17.3. The summed E-state index contributed by atoms with van der Waals surface area (Å²) in [6.07, 6.45) is -5.09. The Morgan fingerprint density at radius 1 is 1.00 bits per heavy atom. The number of alkyl halides is 3. The minimum absolute atomic E-state index is 0.147. The van der Waals surface area contributed by atoms with Gasteiger partial charge in [-0.15, -0.1) is 0 Å². The van der Waals surface area contributed by atoms with Crippen LogP contribution >= 0.6 is 11.8 Å². The number of carbonyl (C=O) groups excluding carboxylic acids is 2. The summed E-state index contributed by atoms with van der Waals surface area (Å²) in [4.78, 5) is 28.4. The maximum absolute atomic E-state index is 15.1. The number of urea groups is 1. The lowest BCUT2D eigenvalue weighted by molar-refractivity contribution is -0.190. The third-order valence-corrected chi connectivity index (χ3v) is 7.11. The van der Waals surface area contributed by atoms with Gasteiger partial charge in [-0.3, -0.25) is 4.90 Å². The van der Waals surface area contributed by atoms with Gasteiger partial charge in [-0.2, -0.15) is 13.2 Å². The van der Waals surface area contributed by atoms with Crippen molar-refractivity contribution in [3.63, 3.8) is 0 Å². The maximum Gasteiger partial charge on any atom is 0.420 e. The topological polar surface area (TPSA) is 67.9 Å². The summed E-state index contributed by atoms with van der Waals surface area (Å²) in [5, 5.41) is 1.97.